The number of ketones is 1. The van der Waals surface area contributed by atoms with Crippen molar-refractivity contribution >= 4 is 88.3 Å². The summed E-state index contributed by atoms with van der Waals surface area (Å²) >= 11 is 7.90. The van der Waals surface area contributed by atoms with Crippen LogP contribution in [0.4, 0.5) is 5.00 Å². The van der Waals surface area contributed by atoms with Crippen LogP contribution in [0.25, 0.3) is 0 Å². The summed E-state index contributed by atoms with van der Waals surface area (Å²) in [5.74, 6) is -0.576. The van der Waals surface area contributed by atoms with E-state index in [2.05, 4.69) is 58.2 Å². The van der Waals surface area contributed by atoms with E-state index >= 15 is 0 Å². The van der Waals surface area contributed by atoms with E-state index in [1.807, 2.05) is 31.2 Å². The number of nitrogens with one attached hydrogen (secondary N) is 3. The number of ether oxygens (including phenoxy) is 2. The highest BCUT2D eigenvalue weighted by Gasteiger charge is 2.32. The van der Waals surface area contributed by atoms with Gasteiger partial charge >= 0.3 is 0 Å². The van der Waals surface area contributed by atoms with Crippen LogP contribution in [0.2, 0.25) is 5.02 Å². The van der Waals surface area contributed by atoms with E-state index < -0.39 is 30.4 Å². The molecular weight excluding hydrogens is 1010 g/mol. The van der Waals surface area contributed by atoms with Crippen molar-refractivity contribution in [3.8, 4) is 5.75 Å². The fraction of sp³-hybridized carbons (Fsp3) is 0.509. The molecule has 0 saturated heterocycles. The second kappa shape index (κ2) is 35.8. The molecule has 3 N–H and O–H groups in total. The van der Waals surface area contributed by atoms with Crippen molar-refractivity contribution in [2.45, 2.75) is 143 Å². The highest BCUT2D eigenvalue weighted by Crippen LogP contribution is 2.40. The van der Waals surface area contributed by atoms with Crippen LogP contribution in [0, 0.1) is 13.8 Å². The monoisotopic (exact) mass is 1090 g/mol. The number of carbonyl (C=O) groups is 7. The molecule has 5 rings (SSSR count). The van der Waals surface area contributed by atoms with Crippen molar-refractivity contribution in [1.82, 2.24) is 20.9 Å². The summed E-state index contributed by atoms with van der Waals surface area (Å²) in [7, 11) is 1.53. The van der Waals surface area contributed by atoms with Gasteiger partial charge in [0, 0.05) is 98.5 Å². The number of benzene rings is 2. The van der Waals surface area contributed by atoms with Gasteiger partial charge in [0.25, 0.3) is 11.8 Å². The van der Waals surface area contributed by atoms with Crippen LogP contribution in [0.3, 0.4) is 0 Å². The van der Waals surface area contributed by atoms with Gasteiger partial charge in [-0.3, -0.25) is 43.9 Å². The standard InChI is InChI=1S/C44H55ClN8O8S.C8H16.C5H8O/c1-7-36(51-46-5)53-24-34(50-42(31-14-16-33(45)17-15-31)40-29(3)30(4)62-44(40)53)23-38(57)47-19-9-21-60-22-10-20-48-39(58)26-61-35-12-8-11-32(25-54)41(35)43(59)52(6)28(2)13-18-37(56)49-27-55;1-2-4-6-8-7-5-3-1;1-3-4-5(2)6/h8,11-12,14-17,25,27-28,34H,5,7,9-10,13,18-24,26H2,1-4,6H3,(H,47,57)(H,48,58)(H,49,55,56);1-8H2;3H,1,4H2,2H3/b51-36-;;/t28?,34-;;/m0../s1. The highest BCUT2D eigenvalue weighted by atomic mass is 35.5. The molecule has 2 heterocycles. The fourth-order valence-corrected chi connectivity index (χ4v) is 9.58. The lowest BCUT2D eigenvalue weighted by molar-refractivity contribution is -0.126. The normalized spacial score (nSPS) is 14.6. The topological polar surface area (TPSA) is 218 Å². The minimum absolute atomic E-state index is 0.000657. The van der Waals surface area contributed by atoms with Gasteiger partial charge in [0.2, 0.25) is 18.2 Å². The zero-order valence-electron chi connectivity index (χ0n) is 45.4. The molecule has 2 aliphatic rings. The Hall–Kier alpha value is -6.37. The Morgan fingerprint density at radius 2 is 1.55 bits per heavy atom. The van der Waals surface area contributed by atoms with Gasteiger partial charge in [-0.05, 0) is 70.7 Å². The minimum Gasteiger partial charge on any atom is -0.483 e. The number of thiophene rings is 1. The Bertz CT molecular complexity index is 2430. The number of allylic oxidation sites excluding steroid dienone is 1. The summed E-state index contributed by atoms with van der Waals surface area (Å²) in [5, 5.41) is 17.6. The number of fused-ring (bicyclic) bond motifs is 1. The summed E-state index contributed by atoms with van der Waals surface area (Å²) in [5.41, 5.74) is 3.92. The second-order valence-corrected chi connectivity index (χ2v) is 20.2. The molecule has 3 aromatic rings. The smallest absolute Gasteiger partial charge is 0.258 e. The van der Waals surface area contributed by atoms with Gasteiger partial charge in [0.15, 0.2) is 12.9 Å². The third-order valence-corrected chi connectivity index (χ3v) is 14.1. The molecule has 1 saturated carbocycles. The Morgan fingerprint density at radius 3 is 2.09 bits per heavy atom. The Kier molecular flexibility index (Phi) is 30.1. The average molecular weight is 1090 g/mol. The molecular formula is C57H79ClN8O9S. The van der Waals surface area contributed by atoms with Gasteiger partial charge in [-0.15, -0.1) is 23.0 Å². The van der Waals surface area contributed by atoms with Gasteiger partial charge < -0.3 is 29.9 Å². The van der Waals surface area contributed by atoms with Crippen molar-refractivity contribution in [3.05, 3.63) is 92.8 Å². The molecule has 19 heteroatoms. The van der Waals surface area contributed by atoms with E-state index in [1.165, 1.54) is 75.4 Å². The van der Waals surface area contributed by atoms with Gasteiger partial charge in [0.05, 0.1) is 23.7 Å². The third kappa shape index (κ3) is 22.1. The number of Topliss-reactive ketones (excluding diaryl/α,β-unsaturated/α-hetero) is 1. The van der Waals surface area contributed by atoms with Gasteiger partial charge in [-0.1, -0.05) is 100 Å². The first-order valence-electron chi connectivity index (χ1n) is 26.3. The number of hydrogen-bond donors (Lipinski definition) is 3. The van der Waals surface area contributed by atoms with Crippen LogP contribution in [-0.4, -0.2) is 124 Å². The number of aldehydes is 1. The van der Waals surface area contributed by atoms with Crippen LogP contribution >= 0.6 is 22.9 Å². The van der Waals surface area contributed by atoms with Gasteiger partial charge in [-0.2, -0.15) is 5.10 Å². The molecule has 76 heavy (non-hydrogen) atoms. The molecule has 2 atom stereocenters. The minimum atomic E-state index is -0.520. The Labute approximate surface area is 458 Å². The molecule has 0 bridgehead atoms. The molecule has 1 aromatic heterocycles. The summed E-state index contributed by atoms with van der Waals surface area (Å²) in [4.78, 5) is 93.1. The predicted octanol–water partition coefficient (Wildman–Crippen LogP) is 9.56. The summed E-state index contributed by atoms with van der Waals surface area (Å²) in [6, 6.07) is 11.3. The number of aryl methyl sites for hydroxylation is 1. The van der Waals surface area contributed by atoms with E-state index in [4.69, 9.17) is 26.1 Å². The molecule has 1 aliphatic heterocycles. The largest absolute Gasteiger partial charge is 0.483 e. The first-order chi connectivity index (χ1) is 36.6. The van der Waals surface area contributed by atoms with Crippen LogP contribution in [0.5, 0.6) is 5.75 Å². The van der Waals surface area contributed by atoms with Gasteiger partial charge in [0.1, 0.15) is 22.4 Å². The predicted molar refractivity (Wildman–Crippen MR) is 305 cm³/mol. The van der Waals surface area contributed by atoms with Crippen molar-refractivity contribution in [2.75, 3.05) is 51.4 Å². The first-order valence-corrected chi connectivity index (χ1v) is 27.5. The average Bonchev–Trinajstić information content (AvgIpc) is 3.59. The molecule has 1 aliphatic carbocycles. The van der Waals surface area contributed by atoms with Crippen LogP contribution in [0.1, 0.15) is 159 Å². The summed E-state index contributed by atoms with van der Waals surface area (Å²) in [6.07, 6.45) is 17.1. The van der Waals surface area contributed by atoms with Crippen molar-refractivity contribution < 1.29 is 43.0 Å². The lowest BCUT2D eigenvalue weighted by Crippen LogP contribution is -2.38. The lowest BCUT2D eigenvalue weighted by Gasteiger charge is -2.26. The molecule has 414 valence electrons. The maximum absolute atomic E-state index is 13.4. The quantitative estimate of drug-likeness (QED) is 0.0182. The van der Waals surface area contributed by atoms with E-state index in [9.17, 15) is 33.6 Å². The van der Waals surface area contributed by atoms with E-state index in [0.29, 0.717) is 76.3 Å². The fourth-order valence-electron chi connectivity index (χ4n) is 8.26. The number of hydrogen-bond acceptors (Lipinski definition) is 13. The molecule has 2 aromatic carbocycles. The number of nitrogens with zero attached hydrogens (tertiary/aromatic N) is 5. The summed E-state index contributed by atoms with van der Waals surface area (Å²) in [6.45, 7) is 18.0. The molecule has 17 nitrogen and oxygen atoms in total. The molecule has 1 unspecified atom stereocenters. The molecule has 5 amide bonds. The maximum Gasteiger partial charge on any atom is 0.258 e. The van der Waals surface area contributed by atoms with Crippen molar-refractivity contribution in [3.63, 3.8) is 0 Å². The molecule has 1 fully saturated rings. The van der Waals surface area contributed by atoms with Gasteiger partial charge in [-0.25, -0.2) is 0 Å². The van der Waals surface area contributed by atoms with Crippen LogP contribution in [-0.2, 0) is 28.7 Å². The zero-order valence-corrected chi connectivity index (χ0v) is 47.0. The molecule has 0 spiro atoms. The number of amides is 5. The number of halogens is 1. The van der Waals surface area contributed by atoms with E-state index in [-0.39, 0.29) is 53.9 Å². The van der Waals surface area contributed by atoms with E-state index in [0.717, 1.165) is 38.1 Å². The lowest BCUT2D eigenvalue weighted by atomic mass is 9.99. The zero-order chi connectivity index (χ0) is 55.8. The SMILES string of the molecule is C1CCCCCCC1.C=CCC(C)=O.C=N/N=C(/CC)N1C[C@H](CC(=O)NCCCOCCCNC(=O)COc2cccc(C=O)c2C(=O)N(C)C(C)CCC(=O)NC=O)N=C(c2ccc(Cl)cc2)c2c1sc(C)c2C. The number of rotatable bonds is 25. The number of carbonyl (C=O) groups excluding carboxylic acids is 7. The number of amidine groups is 1. The first kappa shape index (κ1) is 63.9. The number of aliphatic imine (C=N–C) groups is 1. The van der Waals surface area contributed by atoms with Crippen LogP contribution in [0.15, 0.2) is 70.3 Å². The maximum atomic E-state index is 13.4. The Balaban J connectivity index is 0.000000942. The second-order valence-electron chi connectivity index (χ2n) is 18.6. The van der Waals surface area contributed by atoms with E-state index in [1.54, 1.807) is 37.3 Å². The molecule has 0 radical (unpaired) electrons. The number of imide groups is 1. The third-order valence-electron chi connectivity index (χ3n) is 12.7. The Morgan fingerprint density at radius 1 is 0.934 bits per heavy atom. The highest BCUT2D eigenvalue weighted by molar-refractivity contribution is 7.17. The van der Waals surface area contributed by atoms with Crippen LogP contribution < -0.4 is 25.6 Å². The summed E-state index contributed by atoms with van der Waals surface area (Å²) < 4.78 is 11.4. The number of anilines is 1. The van der Waals surface area contributed by atoms with Crippen molar-refractivity contribution in [2.24, 2.45) is 15.2 Å². The van der Waals surface area contributed by atoms with Crippen molar-refractivity contribution in [1.29, 1.82) is 0 Å².